The topological polar surface area (TPSA) is 88.3 Å². The number of carbonyl (C=O) groups excluding carboxylic acids is 1. The molecule has 2 rings (SSSR count). The second-order valence-corrected chi connectivity index (χ2v) is 4.75. The number of pyridine rings is 1. The van der Waals surface area contributed by atoms with Gasteiger partial charge in [0.2, 0.25) is 0 Å². The van der Waals surface area contributed by atoms with Crippen LogP contribution < -0.4 is 21.7 Å². The molecule has 1 aliphatic rings. The number of nitrogens with zero attached hydrogens (tertiary/aromatic N) is 1. The first-order valence-corrected chi connectivity index (χ1v) is 8.12. The molecule has 0 bridgehead atoms. The Kier molecular flexibility index (Phi) is 10.9. The normalized spacial score (nSPS) is 11.9. The third-order valence-electron chi connectivity index (χ3n) is 2.74. The van der Waals surface area contributed by atoms with Crippen molar-refractivity contribution in [2.24, 2.45) is 10.7 Å². The number of alkyl halides is 1. The number of fused-ring (bicyclic) bond motifs is 1. The van der Waals surface area contributed by atoms with E-state index in [0.717, 1.165) is 11.6 Å². The number of aliphatic imine (C=N–C) groups is 1. The molecule has 24 heavy (non-hydrogen) atoms. The Morgan fingerprint density at radius 3 is 2.58 bits per heavy atom. The highest BCUT2D eigenvalue weighted by atomic mass is 35.5. The zero-order valence-corrected chi connectivity index (χ0v) is 15.1. The first-order chi connectivity index (χ1) is 11.5. The van der Waals surface area contributed by atoms with E-state index in [1.165, 1.54) is 0 Å². The number of H-pyrrole nitrogens is 1. The van der Waals surface area contributed by atoms with Gasteiger partial charge in [-0.15, -0.1) is 11.6 Å². The molecule has 5 nitrogen and oxygen atoms in total. The molecule has 0 aliphatic heterocycles. The number of allylic oxidation sites excluding steroid dienone is 3. The van der Waals surface area contributed by atoms with Gasteiger partial charge in [0.05, 0.1) is 17.3 Å². The van der Waals surface area contributed by atoms with Gasteiger partial charge in [0.1, 0.15) is 6.29 Å². The smallest absolute Gasteiger partial charge is 0.256 e. The van der Waals surface area contributed by atoms with Crippen LogP contribution in [0.25, 0.3) is 18.2 Å². The van der Waals surface area contributed by atoms with Crippen molar-refractivity contribution in [1.82, 2.24) is 4.98 Å². The van der Waals surface area contributed by atoms with Crippen LogP contribution in [0, 0.1) is 0 Å². The average Bonchev–Trinajstić information content (AvgIpc) is 2.83. The molecule has 0 atom stereocenters. The van der Waals surface area contributed by atoms with Gasteiger partial charge in [-0.2, -0.15) is 0 Å². The number of carbonyl (C=O) groups is 1. The first kappa shape index (κ1) is 21.6. The first-order valence-electron chi connectivity index (χ1n) is 7.58. The zero-order chi connectivity index (χ0) is 18.5. The van der Waals surface area contributed by atoms with Crippen molar-refractivity contribution in [2.45, 2.75) is 27.2 Å². The fourth-order valence-electron chi connectivity index (χ4n) is 1.95. The van der Waals surface area contributed by atoms with Crippen molar-refractivity contribution in [1.29, 1.82) is 0 Å². The van der Waals surface area contributed by atoms with Gasteiger partial charge in [0.15, 0.2) is 0 Å². The lowest BCUT2D eigenvalue weighted by atomic mass is 10.1. The van der Waals surface area contributed by atoms with Crippen molar-refractivity contribution < 1.29 is 4.79 Å². The molecule has 1 aliphatic carbocycles. The molecule has 130 valence electrons. The molecule has 0 radical (unpaired) electrons. The monoisotopic (exact) mass is 349 g/mol. The van der Waals surface area contributed by atoms with E-state index in [1.807, 2.05) is 38.2 Å². The van der Waals surface area contributed by atoms with E-state index < -0.39 is 0 Å². The molecular weight excluding hydrogens is 326 g/mol. The Bertz CT molecular complexity index is 786. The molecule has 0 aromatic carbocycles. The van der Waals surface area contributed by atoms with E-state index in [1.54, 1.807) is 13.0 Å². The van der Waals surface area contributed by atoms with E-state index in [9.17, 15) is 4.79 Å². The van der Waals surface area contributed by atoms with Crippen molar-refractivity contribution in [2.75, 3.05) is 5.88 Å². The minimum atomic E-state index is -0.134. The Morgan fingerprint density at radius 1 is 1.46 bits per heavy atom. The number of rotatable bonds is 3. The fraction of sp³-hybridized carbons (Fsp3) is 0.278. The predicted octanol–water partition coefficient (Wildman–Crippen LogP) is 2.00. The van der Waals surface area contributed by atoms with E-state index in [2.05, 4.69) is 16.7 Å². The van der Waals surface area contributed by atoms with Crippen LogP contribution in [0.1, 0.15) is 32.9 Å². The third kappa shape index (κ3) is 6.38. The molecule has 0 fully saturated rings. The molecular formula is C18H24ClN3O2. The van der Waals surface area contributed by atoms with Crippen LogP contribution in [0.2, 0.25) is 0 Å². The lowest BCUT2D eigenvalue weighted by molar-refractivity contribution is -0.105. The third-order valence-corrected chi connectivity index (χ3v) is 2.87. The van der Waals surface area contributed by atoms with Crippen LogP contribution in [0.3, 0.4) is 0 Å². The second kappa shape index (κ2) is 12.1. The molecule has 0 saturated carbocycles. The van der Waals surface area contributed by atoms with Crippen LogP contribution in [0.15, 0.2) is 27.6 Å². The number of nitrogens with two attached hydrogens (primary N) is 1. The van der Waals surface area contributed by atoms with E-state index in [-0.39, 0.29) is 11.4 Å². The van der Waals surface area contributed by atoms with Crippen molar-refractivity contribution in [3.63, 3.8) is 0 Å². The van der Waals surface area contributed by atoms with Gasteiger partial charge in [-0.25, -0.2) is 0 Å². The summed E-state index contributed by atoms with van der Waals surface area (Å²) < 4.78 is 0. The number of hydrogen-bond acceptors (Lipinski definition) is 4. The Morgan fingerprint density at radius 2 is 2.08 bits per heavy atom. The Balaban J connectivity index is 0.000000773. The van der Waals surface area contributed by atoms with E-state index >= 15 is 0 Å². The molecule has 1 aromatic heterocycles. The lowest BCUT2D eigenvalue weighted by Gasteiger charge is -2.03. The number of nitrogens with one attached hydrogen (secondary N) is 1. The van der Waals surface area contributed by atoms with Crippen molar-refractivity contribution in [3.05, 3.63) is 44.3 Å². The van der Waals surface area contributed by atoms with Crippen LogP contribution in [0.4, 0.5) is 5.69 Å². The summed E-state index contributed by atoms with van der Waals surface area (Å²) >= 11 is 4.82. The van der Waals surface area contributed by atoms with Crippen molar-refractivity contribution >= 4 is 48.5 Å². The van der Waals surface area contributed by atoms with Gasteiger partial charge in [-0.1, -0.05) is 38.2 Å². The zero-order valence-electron chi connectivity index (χ0n) is 14.3. The Hall–Kier alpha value is -2.40. The minimum absolute atomic E-state index is 0.111. The predicted molar refractivity (Wildman–Crippen MR) is 104 cm³/mol. The quantitative estimate of drug-likeness (QED) is 0.497. The average molecular weight is 350 g/mol. The summed E-state index contributed by atoms with van der Waals surface area (Å²) in [6.45, 7) is 9.32. The molecule has 3 N–H and O–H groups in total. The highest BCUT2D eigenvalue weighted by Crippen LogP contribution is 2.11. The molecule has 6 heteroatoms. The van der Waals surface area contributed by atoms with E-state index in [4.69, 9.17) is 22.1 Å². The summed E-state index contributed by atoms with van der Waals surface area (Å²) in [6.07, 6.45) is 10.7. The summed E-state index contributed by atoms with van der Waals surface area (Å²) in [4.78, 5) is 27.9. The fourth-order valence-corrected chi connectivity index (χ4v) is 1.95. The molecule has 0 saturated heterocycles. The highest BCUT2D eigenvalue weighted by Gasteiger charge is 2.06. The SMILES string of the molecule is C=Nc1c(/C=C(\C)N)[nH]c(=O)c2c1=CC=CCC=2.CC.O=CCCl. The van der Waals surface area contributed by atoms with Gasteiger partial charge < -0.3 is 15.5 Å². The molecule has 1 heterocycles. The van der Waals surface area contributed by atoms with Crippen LogP contribution in [-0.2, 0) is 4.79 Å². The van der Waals surface area contributed by atoms with Crippen LogP contribution in [-0.4, -0.2) is 23.9 Å². The molecule has 0 unspecified atom stereocenters. The number of aromatic amines is 1. The second-order valence-electron chi connectivity index (χ2n) is 4.45. The largest absolute Gasteiger partial charge is 0.402 e. The molecule has 0 spiro atoms. The van der Waals surface area contributed by atoms with Gasteiger partial charge in [0.25, 0.3) is 5.56 Å². The van der Waals surface area contributed by atoms with Crippen LogP contribution in [0.5, 0.6) is 0 Å². The lowest BCUT2D eigenvalue weighted by Crippen LogP contribution is -2.41. The Labute approximate surface area is 147 Å². The molecule has 1 aromatic rings. The summed E-state index contributed by atoms with van der Waals surface area (Å²) in [6, 6.07) is 0. The standard InChI is InChI=1S/C14H15N3O.C2H3ClO.C2H6/c1-9(15)8-12-13(16-2)10-6-4-3-5-7-11(10)14(18)17-12;3-1-2-4;1-2/h3-4,6-8H,2,5,15H2,1H3,(H,17,18);2H,1H2;1-2H3/b9-8+;;. The number of halogens is 1. The van der Waals surface area contributed by atoms with Gasteiger partial charge in [-0.3, -0.25) is 9.79 Å². The maximum atomic E-state index is 12.0. The summed E-state index contributed by atoms with van der Waals surface area (Å²) in [5.41, 5.74) is 7.36. The van der Waals surface area contributed by atoms with Crippen LogP contribution >= 0.6 is 11.6 Å². The summed E-state index contributed by atoms with van der Waals surface area (Å²) in [5, 5.41) is 1.42. The maximum Gasteiger partial charge on any atom is 0.256 e. The summed E-state index contributed by atoms with van der Waals surface area (Å²) in [5.74, 6) is 0.111. The highest BCUT2D eigenvalue weighted by molar-refractivity contribution is 6.24. The van der Waals surface area contributed by atoms with Gasteiger partial charge in [-0.05, 0) is 26.1 Å². The number of aromatic nitrogens is 1. The summed E-state index contributed by atoms with van der Waals surface area (Å²) in [7, 11) is 0. The van der Waals surface area contributed by atoms with E-state index in [0.29, 0.717) is 28.6 Å². The number of aldehydes is 1. The molecule has 0 amide bonds. The van der Waals surface area contributed by atoms with Crippen molar-refractivity contribution in [3.8, 4) is 0 Å². The maximum absolute atomic E-state index is 12.0. The van der Waals surface area contributed by atoms with Gasteiger partial charge in [0, 0.05) is 16.1 Å². The number of hydrogen-bond donors (Lipinski definition) is 2. The minimum Gasteiger partial charge on any atom is -0.402 e. The van der Waals surface area contributed by atoms with Gasteiger partial charge >= 0.3 is 0 Å².